The van der Waals surface area contributed by atoms with Crippen molar-refractivity contribution in [2.75, 3.05) is 10.6 Å². The molecule has 6 nitrogen and oxygen atoms in total. The summed E-state index contributed by atoms with van der Waals surface area (Å²) in [5, 5.41) is 6.33. The molecule has 0 unspecified atom stereocenters. The van der Waals surface area contributed by atoms with Gasteiger partial charge in [0.25, 0.3) is 5.91 Å². The molecule has 2 N–H and O–H groups in total. The molecule has 2 amide bonds. The lowest BCUT2D eigenvalue weighted by atomic mass is 10.0. The summed E-state index contributed by atoms with van der Waals surface area (Å²) in [5.41, 5.74) is -1.67. The first kappa shape index (κ1) is 23.2. The van der Waals surface area contributed by atoms with Crippen molar-refractivity contribution in [3.05, 3.63) is 69.8 Å². The van der Waals surface area contributed by atoms with Gasteiger partial charge in [-0.1, -0.05) is 0 Å². The van der Waals surface area contributed by atoms with Crippen LogP contribution >= 0.6 is 11.3 Å². The molecule has 1 aromatic carbocycles. The number of nitrogens with zero attached hydrogens (tertiary/aromatic N) is 2. The molecule has 2 aromatic heterocycles. The number of pyridine rings is 1. The molecule has 0 radical (unpaired) electrons. The fourth-order valence-corrected chi connectivity index (χ4v) is 3.09. The first-order chi connectivity index (χ1) is 14.9. The number of alkyl halides is 6. The van der Waals surface area contributed by atoms with Crippen LogP contribution in [0.25, 0.3) is 0 Å². The van der Waals surface area contributed by atoms with E-state index in [2.05, 4.69) is 20.6 Å². The van der Waals surface area contributed by atoms with Crippen LogP contribution in [0.2, 0.25) is 0 Å². The number of thiazole rings is 1. The van der Waals surface area contributed by atoms with Gasteiger partial charge in [-0.25, -0.2) is 9.97 Å². The lowest BCUT2D eigenvalue weighted by Crippen LogP contribution is -2.17. The predicted octanol–water partition coefficient (Wildman–Crippen LogP) is 5.01. The zero-order valence-electron chi connectivity index (χ0n) is 15.7. The number of halogens is 6. The number of amides is 2. The Kier molecular flexibility index (Phi) is 6.48. The average molecular weight is 474 g/mol. The Morgan fingerprint density at radius 2 is 1.56 bits per heavy atom. The van der Waals surface area contributed by atoms with E-state index in [9.17, 15) is 35.9 Å². The van der Waals surface area contributed by atoms with Crippen LogP contribution in [-0.2, 0) is 23.6 Å². The highest BCUT2D eigenvalue weighted by atomic mass is 32.1. The lowest BCUT2D eigenvalue weighted by molar-refractivity contribution is -0.143. The standard InChI is InChI=1S/C19H12F6N4O2S/c20-18(21,22)11-3-10(4-12(6-11)19(23,24)25)5-16(30)28-13-1-2-15(26-7-13)29-17(31)14-8-32-9-27-14/h1-4,6-9H,5H2,(H,28,30)(H,26,29,31). The number of hydrogen-bond acceptors (Lipinski definition) is 5. The molecule has 3 rings (SSSR count). The first-order valence-corrected chi connectivity index (χ1v) is 9.60. The molecule has 0 aliphatic rings. The van der Waals surface area contributed by atoms with Gasteiger partial charge in [-0.05, 0) is 35.9 Å². The summed E-state index contributed by atoms with van der Waals surface area (Å²) in [6, 6.07) is 3.68. The molecule has 0 spiro atoms. The summed E-state index contributed by atoms with van der Waals surface area (Å²) < 4.78 is 77.6. The SMILES string of the molecule is O=C(Cc1cc(C(F)(F)F)cc(C(F)(F)F)c1)Nc1ccc(NC(=O)c2cscn2)nc1. The highest BCUT2D eigenvalue weighted by Gasteiger charge is 2.37. The summed E-state index contributed by atoms with van der Waals surface area (Å²) in [6.45, 7) is 0. The van der Waals surface area contributed by atoms with Gasteiger partial charge >= 0.3 is 12.4 Å². The van der Waals surface area contributed by atoms with E-state index < -0.39 is 47.3 Å². The highest BCUT2D eigenvalue weighted by molar-refractivity contribution is 7.07. The molecule has 32 heavy (non-hydrogen) atoms. The van der Waals surface area contributed by atoms with Crippen molar-refractivity contribution < 1.29 is 35.9 Å². The Bertz CT molecular complexity index is 1080. The van der Waals surface area contributed by atoms with E-state index in [1.807, 2.05) is 0 Å². The van der Waals surface area contributed by atoms with Crippen LogP contribution in [0.1, 0.15) is 27.2 Å². The second-order valence-corrected chi connectivity index (χ2v) is 7.12. The van der Waals surface area contributed by atoms with Crippen LogP contribution in [0.3, 0.4) is 0 Å². The van der Waals surface area contributed by atoms with Crippen LogP contribution < -0.4 is 10.6 Å². The van der Waals surface area contributed by atoms with Gasteiger partial charge < -0.3 is 10.6 Å². The van der Waals surface area contributed by atoms with E-state index in [1.54, 1.807) is 0 Å². The summed E-state index contributed by atoms with van der Waals surface area (Å²) >= 11 is 1.23. The molecule has 0 saturated heterocycles. The van der Waals surface area contributed by atoms with Gasteiger partial charge in [0.15, 0.2) is 0 Å². The van der Waals surface area contributed by atoms with E-state index in [4.69, 9.17) is 0 Å². The zero-order chi connectivity index (χ0) is 23.5. The van der Waals surface area contributed by atoms with E-state index in [-0.39, 0.29) is 23.3 Å². The molecule has 0 aliphatic heterocycles. The fraction of sp³-hybridized carbons (Fsp3) is 0.158. The van der Waals surface area contributed by atoms with Gasteiger partial charge in [-0.3, -0.25) is 9.59 Å². The van der Waals surface area contributed by atoms with E-state index in [0.717, 1.165) is 0 Å². The van der Waals surface area contributed by atoms with Gasteiger partial charge in [-0.2, -0.15) is 26.3 Å². The third kappa shape index (κ3) is 6.03. The normalized spacial score (nSPS) is 11.8. The van der Waals surface area contributed by atoms with Gasteiger partial charge in [-0.15, -0.1) is 11.3 Å². The molecule has 13 heteroatoms. The zero-order valence-corrected chi connectivity index (χ0v) is 16.5. The van der Waals surface area contributed by atoms with Gasteiger partial charge in [0, 0.05) is 5.38 Å². The number of rotatable bonds is 5. The maximum Gasteiger partial charge on any atom is 0.416 e. The lowest BCUT2D eigenvalue weighted by Gasteiger charge is -2.14. The van der Waals surface area contributed by atoms with Crippen molar-refractivity contribution in [2.45, 2.75) is 18.8 Å². The van der Waals surface area contributed by atoms with E-state index in [1.165, 1.54) is 40.6 Å². The maximum absolute atomic E-state index is 12.9. The number of carbonyl (C=O) groups excluding carboxylic acids is 2. The second kappa shape index (κ2) is 8.94. The summed E-state index contributed by atoms with van der Waals surface area (Å²) in [6.07, 6.45) is -9.57. The van der Waals surface area contributed by atoms with Crippen LogP contribution in [0, 0.1) is 0 Å². The number of aromatic nitrogens is 2. The molecular weight excluding hydrogens is 462 g/mol. The van der Waals surface area contributed by atoms with Crippen LogP contribution in [0.15, 0.2) is 47.4 Å². The van der Waals surface area contributed by atoms with Gasteiger partial charge in [0.1, 0.15) is 11.5 Å². The quantitative estimate of drug-likeness (QED) is 0.510. The second-order valence-electron chi connectivity index (χ2n) is 6.40. The minimum atomic E-state index is -5.00. The summed E-state index contributed by atoms with van der Waals surface area (Å²) in [7, 11) is 0. The first-order valence-electron chi connectivity index (χ1n) is 8.65. The molecule has 0 fully saturated rings. The molecule has 3 aromatic rings. The Balaban J connectivity index is 1.68. The molecule has 168 valence electrons. The molecule has 0 bridgehead atoms. The molecule has 0 aliphatic carbocycles. The van der Waals surface area contributed by atoms with Crippen molar-refractivity contribution in [2.24, 2.45) is 0 Å². The van der Waals surface area contributed by atoms with Crippen molar-refractivity contribution in [3.63, 3.8) is 0 Å². The van der Waals surface area contributed by atoms with Crippen molar-refractivity contribution in [1.29, 1.82) is 0 Å². The summed E-state index contributed by atoms with van der Waals surface area (Å²) in [5.74, 6) is -1.20. The maximum atomic E-state index is 12.9. The van der Waals surface area contributed by atoms with Crippen molar-refractivity contribution >= 4 is 34.7 Å². The monoisotopic (exact) mass is 474 g/mol. The fourth-order valence-electron chi connectivity index (χ4n) is 2.56. The molecular formula is C19H12F6N4O2S. The highest BCUT2D eigenvalue weighted by Crippen LogP contribution is 2.36. The average Bonchev–Trinajstić information content (AvgIpc) is 3.23. The third-order valence-electron chi connectivity index (χ3n) is 3.97. The van der Waals surface area contributed by atoms with Crippen molar-refractivity contribution in [3.8, 4) is 0 Å². The number of carbonyl (C=O) groups is 2. The molecule has 0 atom stereocenters. The number of anilines is 2. The number of nitrogens with one attached hydrogen (secondary N) is 2. The minimum absolute atomic E-state index is 0.00996. The van der Waals surface area contributed by atoms with Crippen LogP contribution in [0.4, 0.5) is 37.8 Å². The van der Waals surface area contributed by atoms with Crippen molar-refractivity contribution in [1.82, 2.24) is 9.97 Å². The van der Waals surface area contributed by atoms with Gasteiger partial charge in [0.2, 0.25) is 5.91 Å². The van der Waals surface area contributed by atoms with Crippen LogP contribution in [0.5, 0.6) is 0 Å². The van der Waals surface area contributed by atoms with E-state index in [0.29, 0.717) is 12.1 Å². The Morgan fingerprint density at radius 3 is 2.06 bits per heavy atom. The molecule has 2 heterocycles. The summed E-state index contributed by atoms with van der Waals surface area (Å²) in [4.78, 5) is 31.8. The number of hydrogen-bond donors (Lipinski definition) is 2. The predicted molar refractivity (Wildman–Crippen MR) is 103 cm³/mol. The third-order valence-corrected chi connectivity index (χ3v) is 4.55. The van der Waals surface area contributed by atoms with E-state index >= 15 is 0 Å². The Hall–Kier alpha value is -3.48. The topological polar surface area (TPSA) is 84.0 Å². The van der Waals surface area contributed by atoms with Crippen LogP contribution in [-0.4, -0.2) is 21.8 Å². The Morgan fingerprint density at radius 1 is 0.906 bits per heavy atom. The smallest absolute Gasteiger partial charge is 0.324 e. The number of benzene rings is 1. The Labute approximate surface area is 180 Å². The molecule has 0 saturated carbocycles. The largest absolute Gasteiger partial charge is 0.416 e. The van der Waals surface area contributed by atoms with Gasteiger partial charge in [0.05, 0.1) is 34.9 Å². The minimum Gasteiger partial charge on any atom is -0.324 e.